The van der Waals surface area contributed by atoms with Gasteiger partial charge >= 0.3 is 0 Å². The average Bonchev–Trinajstić information content (AvgIpc) is 2.87. The maximum absolute atomic E-state index is 11.8. The van der Waals surface area contributed by atoms with Crippen LogP contribution in [0.2, 0.25) is 0 Å². The molecule has 1 fully saturated rings. The lowest BCUT2D eigenvalue weighted by Crippen LogP contribution is -2.33. The fourth-order valence-corrected chi connectivity index (χ4v) is 1.75. The van der Waals surface area contributed by atoms with Gasteiger partial charge in [0.25, 0.3) is 0 Å². The summed E-state index contributed by atoms with van der Waals surface area (Å²) in [7, 11) is 0. The van der Waals surface area contributed by atoms with Crippen molar-refractivity contribution in [3.05, 3.63) is 5.82 Å². The van der Waals surface area contributed by atoms with Crippen LogP contribution < -0.4 is 5.32 Å². The van der Waals surface area contributed by atoms with E-state index in [0.717, 1.165) is 6.42 Å². The first-order valence-corrected chi connectivity index (χ1v) is 5.32. The Labute approximate surface area is 92.9 Å². The van der Waals surface area contributed by atoms with Gasteiger partial charge in [0.1, 0.15) is 0 Å². The van der Waals surface area contributed by atoms with E-state index in [2.05, 4.69) is 25.9 Å². The number of tetrazole rings is 1. The Bertz CT molecular complexity index is 353. The van der Waals surface area contributed by atoms with Crippen LogP contribution in [0.4, 0.5) is 0 Å². The van der Waals surface area contributed by atoms with Gasteiger partial charge < -0.3 is 10.1 Å². The molecule has 2 rings (SSSR count). The van der Waals surface area contributed by atoms with Crippen LogP contribution in [0.15, 0.2) is 0 Å². The summed E-state index contributed by atoms with van der Waals surface area (Å²) in [6, 6.07) is -0.234. The Balaban J connectivity index is 1.88. The summed E-state index contributed by atoms with van der Waals surface area (Å²) < 4.78 is 5.35. The monoisotopic (exact) mass is 225 g/mol. The number of nitrogens with one attached hydrogen (secondary N) is 2. The molecule has 0 bridgehead atoms. The summed E-state index contributed by atoms with van der Waals surface area (Å²) in [5.41, 5.74) is 0. The number of rotatable bonds is 3. The molecule has 1 aliphatic rings. The van der Waals surface area contributed by atoms with E-state index in [0.29, 0.717) is 12.4 Å². The summed E-state index contributed by atoms with van der Waals surface area (Å²) in [5.74, 6) is 0.409. The molecular formula is C9H15N5O2. The minimum Gasteiger partial charge on any atom is -0.378 e. The quantitative estimate of drug-likeness (QED) is 0.743. The summed E-state index contributed by atoms with van der Waals surface area (Å²) >= 11 is 0. The van der Waals surface area contributed by atoms with Gasteiger partial charge in [0, 0.05) is 0 Å². The van der Waals surface area contributed by atoms with Crippen LogP contribution >= 0.6 is 0 Å². The van der Waals surface area contributed by atoms with Crippen molar-refractivity contribution in [3.63, 3.8) is 0 Å². The van der Waals surface area contributed by atoms with E-state index < -0.39 is 0 Å². The molecule has 0 aliphatic carbocycles. The fourth-order valence-electron chi connectivity index (χ4n) is 1.75. The highest BCUT2D eigenvalue weighted by Gasteiger charge is 2.29. The number of H-pyrrole nitrogens is 1. The van der Waals surface area contributed by atoms with Crippen LogP contribution in [0, 0.1) is 5.92 Å². The van der Waals surface area contributed by atoms with Gasteiger partial charge in [-0.15, -0.1) is 10.2 Å². The van der Waals surface area contributed by atoms with Gasteiger partial charge in [0.15, 0.2) is 5.82 Å². The Hall–Kier alpha value is -1.50. The third kappa shape index (κ3) is 2.35. The van der Waals surface area contributed by atoms with Gasteiger partial charge in [-0.2, -0.15) is 5.21 Å². The normalized spacial score (nSPS) is 26.6. The Morgan fingerprint density at radius 1 is 1.69 bits per heavy atom. The zero-order chi connectivity index (χ0) is 11.5. The maximum Gasteiger partial charge on any atom is 0.226 e. The summed E-state index contributed by atoms with van der Waals surface area (Å²) in [6.45, 7) is 4.28. The number of hydrogen-bond donors (Lipinski definition) is 2. The van der Waals surface area contributed by atoms with Crippen LogP contribution in [0.1, 0.15) is 32.1 Å². The molecule has 88 valence electrons. The molecule has 1 aliphatic heterocycles. The predicted octanol–water partition coefficient (Wildman–Crippen LogP) is -0.198. The van der Waals surface area contributed by atoms with Gasteiger partial charge in [-0.3, -0.25) is 4.79 Å². The molecule has 7 nitrogen and oxygen atoms in total. The molecule has 0 saturated carbocycles. The molecule has 1 aromatic rings. The predicted molar refractivity (Wildman–Crippen MR) is 54.3 cm³/mol. The highest BCUT2D eigenvalue weighted by molar-refractivity contribution is 5.79. The molecular weight excluding hydrogens is 210 g/mol. The van der Waals surface area contributed by atoms with Gasteiger partial charge in [-0.05, 0) is 20.3 Å². The first-order valence-electron chi connectivity index (χ1n) is 5.32. The molecule has 3 atom stereocenters. The standard InChI is InChI=1S/C9H15N5O2/c1-5-3-7(4-16-5)9(15)10-6(2)8-11-13-14-12-8/h5-7H,3-4H2,1-2H3,(H,10,15)(H,11,12,13,14). The zero-order valence-corrected chi connectivity index (χ0v) is 9.30. The molecule has 1 saturated heterocycles. The molecule has 7 heteroatoms. The third-order valence-electron chi connectivity index (χ3n) is 2.68. The minimum absolute atomic E-state index is 0.0124. The number of aromatic nitrogens is 4. The SMILES string of the molecule is CC1CC(C(=O)NC(C)c2nn[nH]n2)CO1. The van der Waals surface area contributed by atoms with Crippen molar-refractivity contribution >= 4 is 5.91 Å². The third-order valence-corrected chi connectivity index (χ3v) is 2.68. The van der Waals surface area contributed by atoms with E-state index in [1.807, 2.05) is 13.8 Å². The van der Waals surface area contributed by atoms with E-state index in [9.17, 15) is 4.79 Å². The van der Waals surface area contributed by atoms with Crippen LogP contribution in [0.5, 0.6) is 0 Å². The van der Waals surface area contributed by atoms with E-state index in [-0.39, 0.29) is 24.0 Å². The maximum atomic E-state index is 11.8. The molecule has 16 heavy (non-hydrogen) atoms. The Morgan fingerprint density at radius 3 is 3.06 bits per heavy atom. The van der Waals surface area contributed by atoms with Crippen molar-refractivity contribution in [3.8, 4) is 0 Å². The van der Waals surface area contributed by atoms with Gasteiger partial charge in [0.2, 0.25) is 5.91 Å². The number of ether oxygens (including phenoxy) is 1. The van der Waals surface area contributed by atoms with Gasteiger partial charge in [-0.25, -0.2) is 0 Å². The summed E-state index contributed by atoms with van der Waals surface area (Å²) in [4.78, 5) is 11.8. The lowest BCUT2D eigenvalue weighted by atomic mass is 10.1. The van der Waals surface area contributed by atoms with E-state index in [1.165, 1.54) is 0 Å². The topological polar surface area (TPSA) is 92.8 Å². The molecule has 1 aromatic heterocycles. The number of aromatic amines is 1. The zero-order valence-electron chi connectivity index (χ0n) is 9.30. The second-order valence-corrected chi connectivity index (χ2v) is 4.08. The van der Waals surface area contributed by atoms with E-state index >= 15 is 0 Å². The van der Waals surface area contributed by atoms with Gasteiger partial charge in [0.05, 0.1) is 24.7 Å². The largest absolute Gasteiger partial charge is 0.378 e. The smallest absolute Gasteiger partial charge is 0.226 e. The Morgan fingerprint density at radius 2 is 2.50 bits per heavy atom. The highest BCUT2D eigenvalue weighted by atomic mass is 16.5. The number of carbonyl (C=O) groups is 1. The second-order valence-electron chi connectivity index (χ2n) is 4.08. The second kappa shape index (κ2) is 4.56. The number of nitrogens with zero attached hydrogens (tertiary/aromatic N) is 3. The molecule has 0 aromatic carbocycles. The van der Waals surface area contributed by atoms with Crippen molar-refractivity contribution in [2.75, 3.05) is 6.61 Å². The minimum atomic E-state index is -0.234. The number of hydrogen-bond acceptors (Lipinski definition) is 5. The number of carbonyl (C=O) groups excluding carboxylic acids is 1. The molecule has 0 radical (unpaired) electrons. The van der Waals surface area contributed by atoms with Crippen molar-refractivity contribution in [1.29, 1.82) is 0 Å². The van der Waals surface area contributed by atoms with Crippen LogP contribution in [-0.4, -0.2) is 39.2 Å². The van der Waals surface area contributed by atoms with E-state index in [4.69, 9.17) is 4.74 Å². The van der Waals surface area contributed by atoms with Crippen molar-refractivity contribution in [2.45, 2.75) is 32.4 Å². The highest BCUT2D eigenvalue weighted by Crippen LogP contribution is 2.20. The average molecular weight is 225 g/mol. The van der Waals surface area contributed by atoms with Crippen molar-refractivity contribution < 1.29 is 9.53 Å². The number of amides is 1. The summed E-state index contributed by atoms with van der Waals surface area (Å²) in [6.07, 6.45) is 0.932. The first-order chi connectivity index (χ1) is 7.66. The lowest BCUT2D eigenvalue weighted by Gasteiger charge is -2.13. The van der Waals surface area contributed by atoms with Gasteiger partial charge in [-0.1, -0.05) is 5.21 Å². The van der Waals surface area contributed by atoms with Crippen molar-refractivity contribution in [1.82, 2.24) is 25.9 Å². The fraction of sp³-hybridized carbons (Fsp3) is 0.778. The molecule has 2 heterocycles. The van der Waals surface area contributed by atoms with Crippen molar-refractivity contribution in [2.24, 2.45) is 5.92 Å². The lowest BCUT2D eigenvalue weighted by molar-refractivity contribution is -0.125. The van der Waals surface area contributed by atoms with E-state index in [1.54, 1.807) is 0 Å². The van der Waals surface area contributed by atoms with Crippen LogP contribution in [0.25, 0.3) is 0 Å². The van der Waals surface area contributed by atoms with Crippen LogP contribution in [0.3, 0.4) is 0 Å². The molecule has 2 N–H and O–H groups in total. The molecule has 1 amide bonds. The Kier molecular flexibility index (Phi) is 3.14. The molecule has 3 unspecified atom stereocenters. The summed E-state index contributed by atoms with van der Waals surface area (Å²) in [5, 5.41) is 16.3. The molecule has 0 spiro atoms. The first kappa shape index (κ1) is 11.0. The van der Waals surface area contributed by atoms with Crippen LogP contribution in [-0.2, 0) is 9.53 Å².